The topological polar surface area (TPSA) is 93.0 Å². The minimum atomic E-state index is -3.80. The van der Waals surface area contributed by atoms with Crippen LogP contribution in [-0.4, -0.2) is 53.2 Å². The lowest BCUT2D eigenvalue weighted by Gasteiger charge is -2.19. The van der Waals surface area contributed by atoms with Gasteiger partial charge in [-0.05, 0) is 61.7 Å². The van der Waals surface area contributed by atoms with Gasteiger partial charge in [0.25, 0.3) is 10.0 Å². The molecule has 2 aromatic heterocycles. The first-order valence-electron chi connectivity index (χ1n) is 10.7. The van der Waals surface area contributed by atoms with E-state index in [2.05, 4.69) is 52.6 Å². The van der Waals surface area contributed by atoms with E-state index in [4.69, 9.17) is 0 Å². The van der Waals surface area contributed by atoms with Crippen molar-refractivity contribution in [2.75, 3.05) is 24.9 Å². The number of sulfonamides is 1. The summed E-state index contributed by atoms with van der Waals surface area (Å²) < 4.78 is 31.1. The number of likely N-dealkylation sites (tertiary alicyclic amines) is 1. The molecule has 1 atom stereocenters. The average molecular weight is 455 g/mol. The maximum absolute atomic E-state index is 13.2. The Balaban J connectivity index is 1.69. The number of aryl methyl sites for hydroxylation is 1. The highest BCUT2D eigenvalue weighted by molar-refractivity contribution is 7.92. The fourth-order valence-electron chi connectivity index (χ4n) is 3.98. The molecule has 0 bridgehead atoms. The van der Waals surface area contributed by atoms with Gasteiger partial charge >= 0.3 is 0 Å². The summed E-state index contributed by atoms with van der Waals surface area (Å²) in [6.07, 6.45) is 4.39. The van der Waals surface area contributed by atoms with Gasteiger partial charge in [0.15, 0.2) is 5.82 Å². The van der Waals surface area contributed by atoms with Gasteiger partial charge in [-0.3, -0.25) is 9.71 Å². The van der Waals surface area contributed by atoms with Crippen molar-refractivity contribution in [1.29, 1.82) is 0 Å². The van der Waals surface area contributed by atoms with Gasteiger partial charge in [-0.1, -0.05) is 32.9 Å². The fourth-order valence-corrected chi connectivity index (χ4v) is 5.04. The van der Waals surface area contributed by atoms with Crippen molar-refractivity contribution in [3.05, 3.63) is 54.0 Å². The van der Waals surface area contributed by atoms with Crippen LogP contribution in [0.5, 0.6) is 0 Å². The van der Waals surface area contributed by atoms with Crippen molar-refractivity contribution in [3.8, 4) is 11.5 Å². The van der Waals surface area contributed by atoms with Crippen molar-refractivity contribution in [2.45, 2.75) is 50.5 Å². The maximum atomic E-state index is 13.2. The summed E-state index contributed by atoms with van der Waals surface area (Å²) in [7, 11) is -1.72. The second-order valence-electron chi connectivity index (χ2n) is 9.56. The molecule has 32 heavy (non-hydrogen) atoms. The number of nitrogens with zero attached hydrogens (tertiary/aromatic N) is 5. The monoisotopic (exact) mass is 454 g/mol. The van der Waals surface area contributed by atoms with Crippen LogP contribution >= 0.6 is 0 Å². The summed E-state index contributed by atoms with van der Waals surface area (Å²) >= 11 is 0. The van der Waals surface area contributed by atoms with E-state index in [1.54, 1.807) is 30.7 Å². The van der Waals surface area contributed by atoms with Crippen LogP contribution in [0.25, 0.3) is 11.5 Å². The molecule has 1 aliphatic heterocycles. The van der Waals surface area contributed by atoms with Gasteiger partial charge < -0.3 is 9.47 Å². The Hall–Kier alpha value is -2.78. The van der Waals surface area contributed by atoms with Crippen molar-refractivity contribution in [1.82, 2.24) is 24.6 Å². The summed E-state index contributed by atoms with van der Waals surface area (Å²) in [5.74, 6) is 0.561. The lowest BCUT2D eigenvalue weighted by molar-refractivity contribution is 0.393. The number of rotatable bonds is 5. The summed E-state index contributed by atoms with van der Waals surface area (Å²) in [5.41, 5.74) is 2.73. The van der Waals surface area contributed by atoms with Crippen molar-refractivity contribution in [2.24, 2.45) is 0 Å². The van der Waals surface area contributed by atoms with Gasteiger partial charge in [0.1, 0.15) is 12.0 Å². The predicted molar refractivity (Wildman–Crippen MR) is 125 cm³/mol. The zero-order valence-electron chi connectivity index (χ0n) is 19.2. The van der Waals surface area contributed by atoms with Crippen LogP contribution < -0.4 is 4.72 Å². The number of aromatic nitrogens is 4. The van der Waals surface area contributed by atoms with Gasteiger partial charge in [0.05, 0.1) is 16.6 Å². The largest absolute Gasteiger partial charge is 0.308 e. The van der Waals surface area contributed by atoms with Crippen molar-refractivity contribution < 1.29 is 8.42 Å². The first kappa shape index (κ1) is 22.4. The molecule has 4 rings (SSSR count). The normalized spacial score (nSPS) is 17.6. The van der Waals surface area contributed by atoms with E-state index in [1.807, 2.05) is 23.6 Å². The van der Waals surface area contributed by atoms with Gasteiger partial charge in [-0.25, -0.2) is 8.42 Å². The standard InChI is InChI=1S/C23H30N6O2S/c1-16-12-20(27-32(30,31)19-8-6-17(7-9-19)23(2,3)4)21(24-13-16)22-26-25-15-29(22)18-10-11-28(5)14-18/h6-9,12-13,15,18,27H,10-11,14H2,1-5H3. The SMILES string of the molecule is Cc1cnc(-c2nncn2C2CCN(C)C2)c(NS(=O)(=O)c2ccc(C(C)(C)C)cc2)c1. The molecule has 3 aromatic rings. The highest BCUT2D eigenvalue weighted by atomic mass is 32.2. The van der Waals surface area contributed by atoms with Crippen LogP contribution in [0.15, 0.2) is 47.8 Å². The Morgan fingerprint density at radius 1 is 1.16 bits per heavy atom. The number of benzene rings is 1. The molecule has 0 saturated carbocycles. The van der Waals surface area contributed by atoms with Gasteiger partial charge in [-0.2, -0.15) is 0 Å². The number of anilines is 1. The van der Waals surface area contributed by atoms with Crippen LogP contribution in [0, 0.1) is 6.92 Å². The van der Waals surface area contributed by atoms with E-state index in [1.165, 1.54) is 0 Å². The number of nitrogens with one attached hydrogen (secondary N) is 1. The molecule has 1 fully saturated rings. The molecule has 0 radical (unpaired) electrons. The van der Waals surface area contributed by atoms with E-state index in [9.17, 15) is 8.42 Å². The number of hydrogen-bond donors (Lipinski definition) is 1. The minimum Gasteiger partial charge on any atom is -0.308 e. The van der Waals surface area contributed by atoms with Crippen LogP contribution in [0.4, 0.5) is 5.69 Å². The first-order chi connectivity index (χ1) is 15.0. The molecular weight excluding hydrogens is 424 g/mol. The van der Waals surface area contributed by atoms with Gasteiger partial charge in [0.2, 0.25) is 0 Å². The van der Waals surface area contributed by atoms with Crippen molar-refractivity contribution in [3.63, 3.8) is 0 Å². The van der Waals surface area contributed by atoms with E-state index in [0.717, 1.165) is 30.6 Å². The molecule has 0 spiro atoms. The molecule has 0 aliphatic carbocycles. The lowest BCUT2D eigenvalue weighted by atomic mass is 9.87. The molecule has 8 nitrogen and oxygen atoms in total. The maximum Gasteiger partial charge on any atom is 0.261 e. The second-order valence-corrected chi connectivity index (χ2v) is 11.2. The van der Waals surface area contributed by atoms with Crippen LogP contribution in [-0.2, 0) is 15.4 Å². The summed E-state index contributed by atoms with van der Waals surface area (Å²) in [6, 6.07) is 9.01. The third-order valence-corrected chi connectivity index (χ3v) is 7.23. The molecule has 1 saturated heterocycles. The lowest BCUT2D eigenvalue weighted by Crippen LogP contribution is -2.18. The molecule has 170 valence electrons. The summed E-state index contributed by atoms with van der Waals surface area (Å²) in [5, 5.41) is 8.38. The quantitative estimate of drug-likeness (QED) is 0.633. The zero-order valence-corrected chi connectivity index (χ0v) is 20.0. The third-order valence-electron chi connectivity index (χ3n) is 5.84. The zero-order chi connectivity index (χ0) is 23.1. The van der Waals surface area contributed by atoms with Crippen LogP contribution in [0.3, 0.4) is 0 Å². The second kappa shape index (κ2) is 8.29. The molecule has 1 aromatic carbocycles. The molecule has 0 amide bonds. The Labute approximate surface area is 189 Å². The van der Waals surface area contributed by atoms with E-state index < -0.39 is 10.0 Å². The molecule has 1 unspecified atom stereocenters. The predicted octanol–water partition coefficient (Wildman–Crippen LogP) is 3.62. The van der Waals surface area contributed by atoms with Crippen LogP contribution in [0.1, 0.15) is 44.4 Å². The van der Waals surface area contributed by atoms with Gasteiger partial charge in [0, 0.05) is 12.7 Å². The molecule has 3 heterocycles. The molecule has 9 heteroatoms. The highest BCUT2D eigenvalue weighted by Crippen LogP contribution is 2.31. The fraction of sp³-hybridized carbons (Fsp3) is 0.435. The highest BCUT2D eigenvalue weighted by Gasteiger charge is 2.27. The average Bonchev–Trinajstić information content (AvgIpc) is 3.36. The third kappa shape index (κ3) is 4.54. The first-order valence-corrected chi connectivity index (χ1v) is 12.2. The number of likely N-dealkylation sites (N-methyl/N-ethyl adjacent to an activating group) is 1. The van der Waals surface area contributed by atoms with Crippen molar-refractivity contribution >= 4 is 15.7 Å². The Kier molecular flexibility index (Phi) is 5.81. The smallest absolute Gasteiger partial charge is 0.261 e. The van der Waals surface area contributed by atoms with E-state index in [-0.39, 0.29) is 16.4 Å². The number of pyridine rings is 1. The molecule has 1 aliphatic rings. The summed E-state index contributed by atoms with van der Waals surface area (Å²) in [4.78, 5) is 6.99. The molecule has 1 N–H and O–H groups in total. The van der Waals surface area contributed by atoms with Gasteiger partial charge in [-0.15, -0.1) is 10.2 Å². The number of hydrogen-bond acceptors (Lipinski definition) is 6. The van der Waals surface area contributed by atoms with E-state index in [0.29, 0.717) is 17.2 Å². The Morgan fingerprint density at radius 3 is 2.50 bits per heavy atom. The van der Waals surface area contributed by atoms with E-state index >= 15 is 0 Å². The summed E-state index contributed by atoms with van der Waals surface area (Å²) in [6.45, 7) is 10.0. The van der Waals surface area contributed by atoms with Crippen LogP contribution in [0.2, 0.25) is 0 Å². The Morgan fingerprint density at radius 2 is 1.88 bits per heavy atom. The molecular formula is C23H30N6O2S. The minimum absolute atomic E-state index is 0.0538. The Bertz CT molecular complexity index is 1210.